The molecule has 0 bridgehead atoms. The van der Waals surface area contributed by atoms with Gasteiger partial charge in [0.2, 0.25) is 0 Å². The van der Waals surface area contributed by atoms with Gasteiger partial charge >= 0.3 is 0 Å². The van der Waals surface area contributed by atoms with E-state index in [4.69, 9.17) is 4.42 Å². The number of nitrogens with zero attached hydrogens (tertiary/aromatic N) is 1. The van der Waals surface area contributed by atoms with E-state index < -0.39 is 0 Å². The van der Waals surface area contributed by atoms with Crippen LogP contribution in [0.5, 0.6) is 0 Å². The number of rotatable bonds is 4. The Morgan fingerprint density at radius 3 is 2.62 bits per heavy atom. The Labute approximate surface area is 126 Å². The zero-order valence-electron chi connectivity index (χ0n) is 12.6. The summed E-state index contributed by atoms with van der Waals surface area (Å²) in [6, 6.07) is 6.33. The molecule has 4 rings (SSSR count). The first-order valence-electron chi connectivity index (χ1n) is 8.53. The SMILES string of the molecule is c1cc2oc(C3CC3)nc2cc1NCC1CCCCCC1. The Morgan fingerprint density at radius 2 is 1.86 bits per heavy atom. The predicted molar refractivity (Wildman–Crippen MR) is 85.7 cm³/mol. The van der Waals surface area contributed by atoms with Gasteiger partial charge in [-0.2, -0.15) is 0 Å². The summed E-state index contributed by atoms with van der Waals surface area (Å²) < 4.78 is 5.82. The van der Waals surface area contributed by atoms with Crippen LogP contribution < -0.4 is 5.32 Å². The van der Waals surface area contributed by atoms with Crippen molar-refractivity contribution in [1.82, 2.24) is 4.98 Å². The van der Waals surface area contributed by atoms with Gasteiger partial charge < -0.3 is 9.73 Å². The topological polar surface area (TPSA) is 38.1 Å². The fourth-order valence-corrected chi connectivity index (χ4v) is 3.39. The van der Waals surface area contributed by atoms with Crippen molar-refractivity contribution in [3.8, 4) is 0 Å². The Hall–Kier alpha value is -1.51. The van der Waals surface area contributed by atoms with Crippen LogP contribution in [0.3, 0.4) is 0 Å². The first-order chi connectivity index (χ1) is 10.4. The van der Waals surface area contributed by atoms with E-state index in [0.29, 0.717) is 5.92 Å². The van der Waals surface area contributed by atoms with Crippen molar-refractivity contribution in [1.29, 1.82) is 0 Å². The van der Waals surface area contributed by atoms with Gasteiger partial charge in [-0.05, 0) is 49.8 Å². The van der Waals surface area contributed by atoms with Gasteiger partial charge in [0.25, 0.3) is 0 Å². The molecule has 0 saturated heterocycles. The lowest BCUT2D eigenvalue weighted by Gasteiger charge is -2.15. The number of fused-ring (bicyclic) bond motifs is 1. The highest BCUT2D eigenvalue weighted by Crippen LogP contribution is 2.40. The second-order valence-corrected chi connectivity index (χ2v) is 6.75. The van der Waals surface area contributed by atoms with Crippen molar-refractivity contribution in [2.24, 2.45) is 5.92 Å². The monoisotopic (exact) mass is 284 g/mol. The van der Waals surface area contributed by atoms with Crippen molar-refractivity contribution in [2.75, 3.05) is 11.9 Å². The van der Waals surface area contributed by atoms with E-state index in [1.165, 1.54) is 57.1 Å². The lowest BCUT2D eigenvalue weighted by atomic mass is 10.0. The van der Waals surface area contributed by atoms with Crippen molar-refractivity contribution in [3.05, 3.63) is 24.1 Å². The largest absolute Gasteiger partial charge is 0.440 e. The maximum absolute atomic E-state index is 5.82. The predicted octanol–water partition coefficient (Wildman–Crippen LogP) is 5.09. The molecule has 1 heterocycles. The molecule has 2 aliphatic rings. The van der Waals surface area contributed by atoms with Crippen LogP contribution in [-0.2, 0) is 0 Å². The highest BCUT2D eigenvalue weighted by atomic mass is 16.3. The van der Waals surface area contributed by atoms with Crippen LogP contribution >= 0.6 is 0 Å². The Balaban J connectivity index is 1.43. The number of anilines is 1. The Bertz CT molecular complexity index is 607. The van der Waals surface area contributed by atoms with Crippen molar-refractivity contribution < 1.29 is 4.42 Å². The minimum atomic E-state index is 0.583. The van der Waals surface area contributed by atoms with Crippen molar-refractivity contribution in [3.63, 3.8) is 0 Å². The lowest BCUT2D eigenvalue weighted by Crippen LogP contribution is -2.13. The fraction of sp³-hybridized carbons (Fsp3) is 0.611. The minimum Gasteiger partial charge on any atom is -0.440 e. The van der Waals surface area contributed by atoms with E-state index in [-0.39, 0.29) is 0 Å². The molecule has 3 nitrogen and oxygen atoms in total. The van der Waals surface area contributed by atoms with Crippen molar-refractivity contribution in [2.45, 2.75) is 57.3 Å². The molecular formula is C18H24N2O. The summed E-state index contributed by atoms with van der Waals surface area (Å²) in [5.74, 6) is 2.35. The number of nitrogens with one attached hydrogen (secondary N) is 1. The van der Waals surface area contributed by atoms with Crippen LogP contribution in [0.15, 0.2) is 22.6 Å². The third-order valence-electron chi connectivity index (χ3n) is 4.90. The van der Waals surface area contributed by atoms with Gasteiger partial charge in [-0.15, -0.1) is 0 Å². The van der Waals surface area contributed by atoms with Gasteiger partial charge in [0, 0.05) is 18.2 Å². The zero-order chi connectivity index (χ0) is 14.1. The molecule has 2 fully saturated rings. The van der Waals surface area contributed by atoms with Gasteiger partial charge in [0.15, 0.2) is 11.5 Å². The van der Waals surface area contributed by atoms with E-state index in [0.717, 1.165) is 29.5 Å². The number of benzene rings is 1. The summed E-state index contributed by atoms with van der Waals surface area (Å²) in [4.78, 5) is 4.64. The normalized spacial score (nSPS) is 20.6. The lowest BCUT2D eigenvalue weighted by molar-refractivity contribution is 0.483. The van der Waals surface area contributed by atoms with E-state index >= 15 is 0 Å². The third kappa shape index (κ3) is 3.07. The second-order valence-electron chi connectivity index (χ2n) is 6.75. The quantitative estimate of drug-likeness (QED) is 0.795. The van der Waals surface area contributed by atoms with Gasteiger partial charge in [-0.25, -0.2) is 4.98 Å². The van der Waals surface area contributed by atoms with Gasteiger partial charge in [-0.1, -0.05) is 25.7 Å². The van der Waals surface area contributed by atoms with E-state index in [2.05, 4.69) is 28.5 Å². The molecule has 21 heavy (non-hydrogen) atoms. The highest BCUT2D eigenvalue weighted by Gasteiger charge is 2.28. The van der Waals surface area contributed by atoms with Crippen LogP contribution in [0.4, 0.5) is 5.69 Å². The van der Waals surface area contributed by atoms with Crippen LogP contribution in [0, 0.1) is 5.92 Å². The minimum absolute atomic E-state index is 0.583. The summed E-state index contributed by atoms with van der Waals surface area (Å²) in [5.41, 5.74) is 3.11. The number of aromatic nitrogens is 1. The molecule has 1 N–H and O–H groups in total. The third-order valence-corrected chi connectivity index (χ3v) is 4.90. The fourth-order valence-electron chi connectivity index (χ4n) is 3.39. The van der Waals surface area contributed by atoms with E-state index in [1.54, 1.807) is 0 Å². The van der Waals surface area contributed by atoms with Crippen LogP contribution in [0.25, 0.3) is 11.1 Å². The molecule has 0 amide bonds. The first kappa shape index (κ1) is 13.2. The maximum atomic E-state index is 5.82. The van der Waals surface area contributed by atoms with Gasteiger partial charge in [-0.3, -0.25) is 0 Å². The van der Waals surface area contributed by atoms with E-state index in [1.807, 2.05) is 0 Å². The Kier molecular flexibility index (Phi) is 3.58. The molecule has 2 aromatic rings. The summed E-state index contributed by atoms with van der Waals surface area (Å²) in [5, 5.41) is 3.61. The summed E-state index contributed by atoms with van der Waals surface area (Å²) >= 11 is 0. The van der Waals surface area contributed by atoms with Gasteiger partial charge in [0.05, 0.1) is 0 Å². The zero-order valence-corrected chi connectivity index (χ0v) is 12.6. The number of hydrogen-bond acceptors (Lipinski definition) is 3. The molecule has 112 valence electrons. The van der Waals surface area contributed by atoms with Crippen molar-refractivity contribution >= 4 is 16.8 Å². The summed E-state index contributed by atoms with van der Waals surface area (Å²) in [6.07, 6.45) is 10.9. The number of oxazole rings is 1. The average Bonchev–Trinajstić information content (AvgIpc) is 3.30. The molecule has 0 atom stereocenters. The maximum Gasteiger partial charge on any atom is 0.198 e. The molecule has 1 aromatic carbocycles. The molecule has 2 aliphatic carbocycles. The molecule has 0 radical (unpaired) electrons. The molecule has 2 saturated carbocycles. The molecule has 0 unspecified atom stereocenters. The second kappa shape index (κ2) is 5.70. The van der Waals surface area contributed by atoms with Gasteiger partial charge in [0.1, 0.15) is 5.52 Å². The van der Waals surface area contributed by atoms with Crippen LogP contribution in [-0.4, -0.2) is 11.5 Å². The smallest absolute Gasteiger partial charge is 0.198 e. The average molecular weight is 284 g/mol. The summed E-state index contributed by atoms with van der Waals surface area (Å²) in [7, 11) is 0. The number of hydrogen-bond donors (Lipinski definition) is 1. The van der Waals surface area contributed by atoms with Crippen LogP contribution in [0.2, 0.25) is 0 Å². The summed E-state index contributed by atoms with van der Waals surface area (Å²) in [6.45, 7) is 1.10. The Morgan fingerprint density at radius 1 is 1.05 bits per heavy atom. The molecule has 1 aromatic heterocycles. The van der Waals surface area contributed by atoms with Crippen LogP contribution in [0.1, 0.15) is 63.2 Å². The molecule has 0 aliphatic heterocycles. The standard InChI is InChI=1S/C18H24N2O/c1-2-4-6-13(5-3-1)12-19-15-9-10-17-16(11-15)20-18(21-17)14-7-8-14/h9-11,13-14,19H,1-8,12H2. The molecule has 0 spiro atoms. The highest BCUT2D eigenvalue weighted by molar-refractivity contribution is 5.77. The van der Waals surface area contributed by atoms with E-state index in [9.17, 15) is 0 Å². The molecular weight excluding hydrogens is 260 g/mol. The molecule has 3 heteroatoms. The first-order valence-corrected chi connectivity index (χ1v) is 8.53.